The van der Waals surface area contributed by atoms with E-state index < -0.39 is 0 Å². The number of hydrogen-bond acceptors (Lipinski definition) is 4. The largest absolute Gasteiger partial charge is 0.387 e. The van der Waals surface area contributed by atoms with Gasteiger partial charge < -0.3 is 15.5 Å². The Morgan fingerprint density at radius 2 is 2.04 bits per heavy atom. The minimum absolute atomic E-state index is 0.132. The molecule has 0 aromatic heterocycles. The summed E-state index contributed by atoms with van der Waals surface area (Å²) in [5.41, 5.74) is 2.69. The number of urea groups is 1. The number of carbonyl (C=O) groups is 2. The molecular weight excluding hydrogens is 332 g/mol. The van der Waals surface area contributed by atoms with Gasteiger partial charge in [0.1, 0.15) is 5.71 Å². The lowest BCUT2D eigenvalue weighted by Crippen LogP contribution is -2.28. The maximum absolute atomic E-state index is 12.5. The van der Waals surface area contributed by atoms with Crippen LogP contribution in [-0.2, 0) is 9.63 Å². The molecule has 26 heavy (non-hydrogen) atoms. The van der Waals surface area contributed by atoms with Crippen LogP contribution in [0.25, 0.3) is 0 Å². The van der Waals surface area contributed by atoms with Crippen molar-refractivity contribution in [3.8, 4) is 0 Å². The van der Waals surface area contributed by atoms with Gasteiger partial charge in [0, 0.05) is 30.9 Å². The maximum atomic E-state index is 12.5. The monoisotopic (exact) mass is 350 g/mol. The lowest BCUT2D eigenvalue weighted by atomic mass is 10.0. The second kappa shape index (κ2) is 6.87. The molecule has 132 valence electrons. The minimum atomic E-state index is -0.300. The molecule has 1 fully saturated rings. The molecule has 2 aliphatic rings. The molecule has 0 radical (unpaired) electrons. The molecule has 0 aliphatic carbocycles. The summed E-state index contributed by atoms with van der Waals surface area (Å²) in [6.07, 6.45) is 0.181. The fraction of sp³-hybridized carbons (Fsp3) is 0.211. The zero-order chi connectivity index (χ0) is 17.9. The number of rotatable bonds is 4. The molecule has 7 nitrogen and oxygen atoms in total. The van der Waals surface area contributed by atoms with Crippen LogP contribution in [0.1, 0.15) is 18.1 Å². The SMILES string of the molecule is O=C(Nc1cccc(N2CCNC2=O)c1)C1=NO[C@H](c2ccccc2)C1. The average Bonchev–Trinajstić information content (AvgIpc) is 3.32. The van der Waals surface area contributed by atoms with Gasteiger partial charge in [-0.2, -0.15) is 0 Å². The van der Waals surface area contributed by atoms with Gasteiger partial charge in [-0.15, -0.1) is 0 Å². The predicted octanol–water partition coefficient (Wildman–Crippen LogP) is 2.67. The normalized spacial score (nSPS) is 18.9. The standard InChI is InChI=1S/C19H18N4O3/c24-18(16-12-17(26-22-16)13-5-2-1-3-6-13)21-14-7-4-8-15(11-14)23-10-9-20-19(23)25/h1-8,11,17H,9-10,12H2,(H,20,25)(H,21,24)/t17-/m0/s1. The van der Waals surface area contributed by atoms with Crippen LogP contribution in [0, 0.1) is 0 Å². The Bertz CT molecular complexity index is 866. The molecule has 2 aromatic rings. The third-order valence-corrected chi connectivity index (χ3v) is 4.37. The zero-order valence-electron chi connectivity index (χ0n) is 14.0. The van der Waals surface area contributed by atoms with E-state index >= 15 is 0 Å². The predicted molar refractivity (Wildman–Crippen MR) is 98.1 cm³/mol. The zero-order valence-corrected chi connectivity index (χ0v) is 14.0. The van der Waals surface area contributed by atoms with Crippen molar-refractivity contribution in [1.29, 1.82) is 0 Å². The molecular formula is C19H18N4O3. The summed E-state index contributed by atoms with van der Waals surface area (Å²) in [6.45, 7) is 1.22. The van der Waals surface area contributed by atoms with Crippen LogP contribution < -0.4 is 15.5 Å². The lowest BCUT2D eigenvalue weighted by Gasteiger charge is -2.15. The first-order chi connectivity index (χ1) is 12.7. The van der Waals surface area contributed by atoms with Crippen LogP contribution in [-0.4, -0.2) is 30.7 Å². The molecule has 2 heterocycles. The molecule has 3 amide bonds. The Labute approximate surface area is 150 Å². The third kappa shape index (κ3) is 3.23. The number of nitrogens with zero attached hydrogens (tertiary/aromatic N) is 2. The summed E-state index contributed by atoms with van der Waals surface area (Å²) in [6, 6.07) is 16.7. The van der Waals surface area contributed by atoms with Crippen molar-refractivity contribution < 1.29 is 14.4 Å². The fourth-order valence-corrected chi connectivity index (χ4v) is 3.03. The summed E-state index contributed by atoms with van der Waals surface area (Å²) in [7, 11) is 0. The van der Waals surface area contributed by atoms with E-state index in [0.29, 0.717) is 30.9 Å². The fourth-order valence-electron chi connectivity index (χ4n) is 3.03. The molecule has 0 bridgehead atoms. The van der Waals surface area contributed by atoms with Crippen molar-refractivity contribution in [2.75, 3.05) is 23.3 Å². The van der Waals surface area contributed by atoms with Gasteiger partial charge in [-0.3, -0.25) is 9.69 Å². The first-order valence-electron chi connectivity index (χ1n) is 8.45. The van der Waals surface area contributed by atoms with Crippen LogP contribution in [0.15, 0.2) is 59.8 Å². The molecule has 4 rings (SSSR count). The van der Waals surface area contributed by atoms with Crippen molar-refractivity contribution in [1.82, 2.24) is 5.32 Å². The third-order valence-electron chi connectivity index (χ3n) is 4.37. The quantitative estimate of drug-likeness (QED) is 0.889. The number of nitrogens with one attached hydrogen (secondary N) is 2. The summed E-state index contributed by atoms with van der Waals surface area (Å²) in [4.78, 5) is 31.3. The highest BCUT2D eigenvalue weighted by Crippen LogP contribution is 2.27. The Hall–Kier alpha value is -3.35. The van der Waals surface area contributed by atoms with Gasteiger partial charge in [0.2, 0.25) is 0 Å². The summed E-state index contributed by atoms with van der Waals surface area (Å²) in [5, 5.41) is 9.52. The smallest absolute Gasteiger partial charge is 0.321 e. The number of anilines is 2. The second-order valence-electron chi connectivity index (χ2n) is 6.13. The van der Waals surface area contributed by atoms with E-state index in [4.69, 9.17) is 4.84 Å². The summed E-state index contributed by atoms with van der Waals surface area (Å²) < 4.78 is 0. The van der Waals surface area contributed by atoms with Crippen LogP contribution in [0.3, 0.4) is 0 Å². The summed E-state index contributed by atoms with van der Waals surface area (Å²) in [5.74, 6) is -0.300. The highest BCUT2D eigenvalue weighted by Gasteiger charge is 2.27. The van der Waals surface area contributed by atoms with E-state index in [1.54, 1.807) is 23.1 Å². The van der Waals surface area contributed by atoms with E-state index in [-0.39, 0.29) is 18.0 Å². The number of amides is 3. The van der Waals surface area contributed by atoms with Crippen molar-refractivity contribution in [3.05, 3.63) is 60.2 Å². The Morgan fingerprint density at radius 3 is 2.81 bits per heavy atom. The molecule has 7 heteroatoms. The average molecular weight is 350 g/mol. The molecule has 2 aliphatic heterocycles. The van der Waals surface area contributed by atoms with Crippen LogP contribution in [0.4, 0.5) is 16.2 Å². The minimum Gasteiger partial charge on any atom is -0.387 e. The molecule has 0 spiro atoms. The Morgan fingerprint density at radius 1 is 1.19 bits per heavy atom. The van der Waals surface area contributed by atoms with Gasteiger partial charge in [0.25, 0.3) is 5.91 Å². The van der Waals surface area contributed by atoms with Gasteiger partial charge in [-0.1, -0.05) is 41.6 Å². The van der Waals surface area contributed by atoms with E-state index in [9.17, 15) is 9.59 Å². The van der Waals surface area contributed by atoms with E-state index in [0.717, 1.165) is 11.3 Å². The number of benzene rings is 2. The number of oxime groups is 1. The molecule has 1 saturated heterocycles. The van der Waals surface area contributed by atoms with Crippen molar-refractivity contribution in [2.45, 2.75) is 12.5 Å². The van der Waals surface area contributed by atoms with Gasteiger partial charge in [-0.25, -0.2) is 4.79 Å². The van der Waals surface area contributed by atoms with Crippen molar-refractivity contribution in [2.24, 2.45) is 5.16 Å². The molecule has 0 saturated carbocycles. The number of hydrogen-bond donors (Lipinski definition) is 2. The van der Waals surface area contributed by atoms with Crippen LogP contribution >= 0.6 is 0 Å². The Balaban J connectivity index is 1.42. The van der Waals surface area contributed by atoms with Crippen LogP contribution in [0.2, 0.25) is 0 Å². The molecule has 1 atom stereocenters. The molecule has 0 unspecified atom stereocenters. The summed E-state index contributed by atoms with van der Waals surface area (Å²) >= 11 is 0. The van der Waals surface area contributed by atoms with Gasteiger partial charge in [-0.05, 0) is 23.8 Å². The lowest BCUT2D eigenvalue weighted by molar-refractivity contribution is -0.110. The molecule has 2 aromatic carbocycles. The van der Waals surface area contributed by atoms with Crippen molar-refractivity contribution in [3.63, 3.8) is 0 Å². The van der Waals surface area contributed by atoms with E-state index in [1.165, 1.54) is 0 Å². The molecule has 2 N–H and O–H groups in total. The maximum Gasteiger partial charge on any atom is 0.321 e. The van der Waals surface area contributed by atoms with E-state index in [2.05, 4.69) is 15.8 Å². The number of carbonyl (C=O) groups excluding carboxylic acids is 2. The topological polar surface area (TPSA) is 83.0 Å². The van der Waals surface area contributed by atoms with E-state index in [1.807, 2.05) is 36.4 Å². The van der Waals surface area contributed by atoms with Gasteiger partial charge >= 0.3 is 6.03 Å². The Kier molecular flexibility index (Phi) is 4.27. The van der Waals surface area contributed by atoms with Gasteiger partial charge in [0.05, 0.1) is 0 Å². The van der Waals surface area contributed by atoms with Gasteiger partial charge in [0.15, 0.2) is 6.10 Å². The highest BCUT2D eigenvalue weighted by molar-refractivity contribution is 6.43. The van der Waals surface area contributed by atoms with Crippen LogP contribution in [0.5, 0.6) is 0 Å². The highest BCUT2D eigenvalue weighted by atomic mass is 16.6. The first-order valence-corrected chi connectivity index (χ1v) is 8.45. The first kappa shape index (κ1) is 16.1. The second-order valence-corrected chi connectivity index (χ2v) is 6.13. The van der Waals surface area contributed by atoms with Crippen molar-refractivity contribution >= 4 is 29.0 Å².